The Hall–Kier alpha value is -2.20. The summed E-state index contributed by atoms with van der Waals surface area (Å²) in [6.07, 6.45) is 1.62. The summed E-state index contributed by atoms with van der Waals surface area (Å²) in [5.41, 5.74) is 2.79. The fourth-order valence-electron chi connectivity index (χ4n) is 1.96. The highest BCUT2D eigenvalue weighted by atomic mass is 35.5. The van der Waals surface area contributed by atoms with Crippen molar-refractivity contribution in [1.82, 2.24) is 0 Å². The first-order valence-electron chi connectivity index (χ1n) is 6.40. The Morgan fingerprint density at radius 3 is 2.57 bits per heavy atom. The number of nitroso groups, excluding NO2 is 1. The molecule has 0 unspecified atom stereocenters. The molecule has 0 aliphatic heterocycles. The molecule has 0 fully saturated rings. The zero-order valence-electron chi connectivity index (χ0n) is 11.8. The van der Waals surface area contributed by atoms with Crippen LogP contribution < -0.4 is 4.74 Å². The standard InChI is InChI=1S/C16H15ClN2O2/c1-11-7-14(17)8-13(16(11)19-20)10-18-9-12-3-5-15(21-2)6-4-12/h3-8,10H,9H2,1-2H3. The van der Waals surface area contributed by atoms with E-state index in [1.54, 1.807) is 32.4 Å². The number of rotatable bonds is 5. The van der Waals surface area contributed by atoms with Gasteiger partial charge in [-0.2, -0.15) is 0 Å². The first-order valence-corrected chi connectivity index (χ1v) is 6.78. The number of benzene rings is 2. The van der Waals surface area contributed by atoms with Crippen LogP contribution in [0.25, 0.3) is 0 Å². The van der Waals surface area contributed by atoms with Crippen molar-refractivity contribution in [1.29, 1.82) is 0 Å². The quantitative estimate of drug-likeness (QED) is 0.595. The summed E-state index contributed by atoms with van der Waals surface area (Å²) in [5.74, 6) is 0.806. The minimum absolute atomic E-state index is 0.373. The highest BCUT2D eigenvalue weighted by molar-refractivity contribution is 6.31. The number of nitrogens with zero attached hydrogens (tertiary/aromatic N) is 2. The molecule has 0 saturated heterocycles. The van der Waals surface area contributed by atoms with Crippen molar-refractivity contribution in [2.24, 2.45) is 10.2 Å². The van der Waals surface area contributed by atoms with Crippen molar-refractivity contribution in [3.63, 3.8) is 0 Å². The number of methoxy groups -OCH3 is 1. The molecular weight excluding hydrogens is 288 g/mol. The Bertz CT molecular complexity index is 667. The number of aryl methyl sites for hydroxylation is 1. The van der Waals surface area contributed by atoms with E-state index >= 15 is 0 Å². The first kappa shape index (κ1) is 15.2. The summed E-state index contributed by atoms with van der Waals surface area (Å²) in [6, 6.07) is 11.0. The number of hydrogen-bond acceptors (Lipinski definition) is 4. The van der Waals surface area contributed by atoms with Crippen LogP contribution in [0.4, 0.5) is 5.69 Å². The van der Waals surface area contributed by atoms with E-state index in [0.717, 1.165) is 16.9 Å². The Morgan fingerprint density at radius 1 is 1.24 bits per heavy atom. The van der Waals surface area contributed by atoms with E-state index in [-0.39, 0.29) is 0 Å². The van der Waals surface area contributed by atoms with Crippen molar-refractivity contribution < 1.29 is 4.74 Å². The molecule has 0 aliphatic rings. The minimum Gasteiger partial charge on any atom is -0.497 e. The van der Waals surface area contributed by atoms with Crippen LogP contribution in [0.15, 0.2) is 46.6 Å². The SMILES string of the molecule is COc1ccc(CN=Cc2cc(Cl)cc(C)c2N=O)cc1. The van der Waals surface area contributed by atoms with E-state index < -0.39 is 0 Å². The molecule has 0 spiro atoms. The molecule has 4 nitrogen and oxygen atoms in total. The van der Waals surface area contributed by atoms with Gasteiger partial charge in [0.05, 0.1) is 13.7 Å². The van der Waals surface area contributed by atoms with Gasteiger partial charge in [0.15, 0.2) is 0 Å². The van der Waals surface area contributed by atoms with E-state index in [1.165, 1.54) is 0 Å². The van der Waals surface area contributed by atoms with Gasteiger partial charge in [-0.15, -0.1) is 4.91 Å². The lowest BCUT2D eigenvalue weighted by molar-refractivity contribution is 0.414. The van der Waals surface area contributed by atoms with Crippen LogP contribution in [0, 0.1) is 11.8 Å². The second kappa shape index (κ2) is 6.99. The molecule has 0 aliphatic carbocycles. The molecule has 5 heteroatoms. The summed E-state index contributed by atoms with van der Waals surface area (Å²) < 4.78 is 5.10. The van der Waals surface area contributed by atoms with Gasteiger partial charge in [0.25, 0.3) is 0 Å². The smallest absolute Gasteiger partial charge is 0.119 e. The van der Waals surface area contributed by atoms with Gasteiger partial charge in [-0.25, -0.2) is 0 Å². The van der Waals surface area contributed by atoms with Crippen LogP contribution in [-0.4, -0.2) is 13.3 Å². The van der Waals surface area contributed by atoms with Crippen LogP contribution in [0.5, 0.6) is 5.75 Å². The van der Waals surface area contributed by atoms with Gasteiger partial charge in [0.2, 0.25) is 0 Å². The van der Waals surface area contributed by atoms with Crippen molar-refractivity contribution in [3.05, 3.63) is 63.0 Å². The van der Waals surface area contributed by atoms with Gasteiger partial charge in [-0.3, -0.25) is 4.99 Å². The number of hydrogen-bond donors (Lipinski definition) is 0. The zero-order chi connectivity index (χ0) is 15.2. The predicted octanol–water partition coefficient (Wildman–Crippen LogP) is 4.67. The normalized spacial score (nSPS) is 10.8. The molecule has 0 saturated carbocycles. The third-order valence-corrected chi connectivity index (χ3v) is 3.27. The fraction of sp³-hybridized carbons (Fsp3) is 0.188. The van der Waals surface area contributed by atoms with Gasteiger partial charge >= 0.3 is 0 Å². The van der Waals surface area contributed by atoms with E-state index in [0.29, 0.717) is 22.8 Å². The third kappa shape index (κ3) is 3.89. The fourth-order valence-corrected chi connectivity index (χ4v) is 2.25. The largest absolute Gasteiger partial charge is 0.497 e. The van der Waals surface area contributed by atoms with Crippen LogP contribution in [0.1, 0.15) is 16.7 Å². The van der Waals surface area contributed by atoms with Gasteiger partial charge in [0.1, 0.15) is 11.4 Å². The van der Waals surface area contributed by atoms with Crippen molar-refractivity contribution in [2.75, 3.05) is 7.11 Å². The Morgan fingerprint density at radius 2 is 1.95 bits per heavy atom. The van der Waals surface area contributed by atoms with Gasteiger partial charge in [-0.05, 0) is 47.5 Å². The number of ether oxygens (including phenoxy) is 1. The van der Waals surface area contributed by atoms with E-state index in [4.69, 9.17) is 16.3 Å². The molecule has 0 N–H and O–H groups in total. The summed E-state index contributed by atoms with van der Waals surface area (Å²) in [7, 11) is 1.63. The lowest BCUT2D eigenvalue weighted by atomic mass is 10.1. The van der Waals surface area contributed by atoms with Gasteiger partial charge in [-0.1, -0.05) is 23.7 Å². The Balaban J connectivity index is 2.15. The van der Waals surface area contributed by atoms with Crippen LogP contribution in [0.3, 0.4) is 0 Å². The topological polar surface area (TPSA) is 51.0 Å². The van der Waals surface area contributed by atoms with Gasteiger partial charge in [0, 0.05) is 16.8 Å². The summed E-state index contributed by atoms with van der Waals surface area (Å²) in [4.78, 5) is 15.2. The van der Waals surface area contributed by atoms with E-state index in [9.17, 15) is 4.91 Å². The van der Waals surface area contributed by atoms with E-state index in [2.05, 4.69) is 10.2 Å². The molecule has 0 bridgehead atoms. The number of halogens is 1. The maximum absolute atomic E-state index is 10.9. The van der Waals surface area contributed by atoms with Crippen LogP contribution in [-0.2, 0) is 6.54 Å². The maximum Gasteiger partial charge on any atom is 0.119 e. The molecule has 2 aromatic rings. The average molecular weight is 303 g/mol. The number of aliphatic imine (C=N–C) groups is 1. The van der Waals surface area contributed by atoms with Crippen LogP contribution >= 0.6 is 11.6 Å². The Labute approximate surface area is 128 Å². The zero-order valence-corrected chi connectivity index (χ0v) is 12.6. The van der Waals surface area contributed by atoms with Crippen molar-refractivity contribution in [3.8, 4) is 5.75 Å². The second-order valence-corrected chi connectivity index (χ2v) is 5.01. The molecule has 0 radical (unpaired) electrons. The third-order valence-electron chi connectivity index (χ3n) is 3.05. The molecule has 0 atom stereocenters. The average Bonchev–Trinajstić information content (AvgIpc) is 2.47. The molecule has 0 aromatic heterocycles. The molecule has 2 rings (SSSR count). The van der Waals surface area contributed by atoms with Gasteiger partial charge < -0.3 is 4.74 Å². The first-order chi connectivity index (χ1) is 10.1. The molecule has 108 valence electrons. The lowest BCUT2D eigenvalue weighted by Gasteiger charge is -2.03. The monoisotopic (exact) mass is 302 g/mol. The van der Waals surface area contributed by atoms with Crippen molar-refractivity contribution >= 4 is 23.5 Å². The molecule has 0 amide bonds. The van der Waals surface area contributed by atoms with Crippen molar-refractivity contribution in [2.45, 2.75) is 13.5 Å². The summed E-state index contributed by atoms with van der Waals surface area (Å²) in [6.45, 7) is 2.30. The van der Waals surface area contributed by atoms with Crippen LogP contribution in [0.2, 0.25) is 5.02 Å². The summed E-state index contributed by atoms with van der Waals surface area (Å²) >= 11 is 5.99. The highest BCUT2D eigenvalue weighted by Crippen LogP contribution is 2.26. The van der Waals surface area contributed by atoms with E-state index in [1.807, 2.05) is 24.3 Å². The molecule has 21 heavy (non-hydrogen) atoms. The minimum atomic E-state index is 0.373. The summed E-state index contributed by atoms with van der Waals surface area (Å²) in [5, 5.41) is 3.60. The lowest BCUT2D eigenvalue weighted by Crippen LogP contribution is -1.89. The maximum atomic E-state index is 10.9. The second-order valence-electron chi connectivity index (χ2n) is 4.57. The molecule has 2 aromatic carbocycles. The predicted molar refractivity (Wildman–Crippen MR) is 85.9 cm³/mol. The molecular formula is C16H15ClN2O2. The molecule has 0 heterocycles. The highest BCUT2D eigenvalue weighted by Gasteiger charge is 2.06. The Kier molecular flexibility index (Phi) is 5.06.